The lowest BCUT2D eigenvalue weighted by molar-refractivity contribution is 1.19. The van der Waals surface area contributed by atoms with Crippen LogP contribution in [0.3, 0.4) is 0 Å². The van der Waals surface area contributed by atoms with Crippen LogP contribution < -0.4 is 10.6 Å². The zero-order chi connectivity index (χ0) is 9.14. The number of nitrogens with one attached hydrogen (secondary N) is 1. The van der Waals surface area contributed by atoms with Crippen molar-refractivity contribution in [3.8, 4) is 0 Å². The van der Waals surface area contributed by atoms with Crippen LogP contribution in [-0.4, -0.2) is 13.0 Å². The van der Waals surface area contributed by atoms with Gasteiger partial charge in [0.05, 0.1) is 0 Å². The minimum atomic E-state index is 0.0561. The Morgan fingerprint density at radius 1 is 1.50 bits per heavy atom. The molecule has 0 aromatic heterocycles. The fraction of sp³-hybridized carbons (Fsp3) is 0.222. The van der Waals surface area contributed by atoms with E-state index < -0.39 is 0 Å². The first kappa shape index (κ1) is 8.59. The van der Waals surface area contributed by atoms with Crippen molar-refractivity contribution in [3.63, 3.8) is 0 Å². The van der Waals surface area contributed by atoms with Gasteiger partial charge in [0, 0.05) is 12.7 Å². The van der Waals surface area contributed by atoms with E-state index in [9.17, 15) is 0 Å². The van der Waals surface area contributed by atoms with Crippen molar-refractivity contribution >= 4 is 11.6 Å². The number of anilines is 1. The van der Waals surface area contributed by atoms with Crippen molar-refractivity contribution < 1.29 is 0 Å². The van der Waals surface area contributed by atoms with Gasteiger partial charge in [-0.25, -0.2) is 0 Å². The number of aryl methyl sites for hydroxylation is 1. The molecule has 3 nitrogen and oxygen atoms in total. The van der Waals surface area contributed by atoms with Gasteiger partial charge in [0.1, 0.15) is 0 Å². The van der Waals surface area contributed by atoms with Crippen LogP contribution in [-0.2, 0) is 0 Å². The maximum Gasteiger partial charge on any atom is 0.192 e. The normalized spacial score (nSPS) is 9.50. The van der Waals surface area contributed by atoms with Gasteiger partial charge < -0.3 is 10.6 Å². The van der Waals surface area contributed by atoms with Crippen LogP contribution in [0, 0.1) is 12.3 Å². The maximum absolute atomic E-state index is 7.21. The Balaban J connectivity index is 2.95. The molecule has 1 aromatic carbocycles. The number of benzene rings is 1. The van der Waals surface area contributed by atoms with Crippen LogP contribution in [0.25, 0.3) is 0 Å². The third kappa shape index (κ3) is 1.75. The third-order valence-electron chi connectivity index (χ3n) is 1.75. The standard InChI is InChI=1S/C9H13N3/c1-7-4-3-5-8(6-7)12(2)9(10)11/h3-6H,1-2H3,(H3,10,11). The van der Waals surface area contributed by atoms with E-state index in [1.807, 2.05) is 31.2 Å². The predicted octanol–water partition coefficient (Wildman–Crippen LogP) is 1.32. The summed E-state index contributed by atoms with van der Waals surface area (Å²) in [7, 11) is 1.77. The number of nitrogens with two attached hydrogens (primary N) is 1. The number of hydrogen-bond acceptors (Lipinski definition) is 1. The molecule has 0 amide bonds. The van der Waals surface area contributed by atoms with Gasteiger partial charge in [-0.3, -0.25) is 5.41 Å². The van der Waals surface area contributed by atoms with Crippen molar-refractivity contribution in [3.05, 3.63) is 29.8 Å². The molecule has 1 aromatic rings. The van der Waals surface area contributed by atoms with Crippen LogP contribution in [0.2, 0.25) is 0 Å². The number of nitrogens with zero attached hydrogens (tertiary/aromatic N) is 1. The summed E-state index contributed by atoms with van der Waals surface area (Å²) in [6.07, 6.45) is 0. The minimum absolute atomic E-state index is 0.0561. The summed E-state index contributed by atoms with van der Waals surface area (Å²) in [5.74, 6) is 0.0561. The molecule has 0 atom stereocenters. The number of hydrogen-bond donors (Lipinski definition) is 2. The molecule has 0 heterocycles. The van der Waals surface area contributed by atoms with Crippen LogP contribution in [0.5, 0.6) is 0 Å². The molecular weight excluding hydrogens is 150 g/mol. The van der Waals surface area contributed by atoms with Crippen LogP contribution in [0.1, 0.15) is 5.56 Å². The van der Waals surface area contributed by atoms with Crippen LogP contribution in [0.4, 0.5) is 5.69 Å². The first-order valence-corrected chi connectivity index (χ1v) is 3.75. The third-order valence-corrected chi connectivity index (χ3v) is 1.75. The highest BCUT2D eigenvalue weighted by molar-refractivity contribution is 5.91. The summed E-state index contributed by atoms with van der Waals surface area (Å²) in [6, 6.07) is 7.87. The minimum Gasteiger partial charge on any atom is -0.370 e. The first-order valence-electron chi connectivity index (χ1n) is 3.75. The van der Waals surface area contributed by atoms with Gasteiger partial charge in [-0.2, -0.15) is 0 Å². The summed E-state index contributed by atoms with van der Waals surface area (Å²) >= 11 is 0. The van der Waals surface area contributed by atoms with Gasteiger partial charge in [0.2, 0.25) is 0 Å². The van der Waals surface area contributed by atoms with E-state index in [1.54, 1.807) is 11.9 Å². The fourth-order valence-corrected chi connectivity index (χ4v) is 0.976. The quantitative estimate of drug-likeness (QED) is 0.484. The molecule has 0 saturated carbocycles. The highest BCUT2D eigenvalue weighted by Gasteiger charge is 2.01. The Labute approximate surface area is 72.3 Å². The largest absolute Gasteiger partial charge is 0.370 e. The number of rotatable bonds is 1. The lowest BCUT2D eigenvalue weighted by Gasteiger charge is -2.16. The second-order valence-corrected chi connectivity index (χ2v) is 2.78. The molecule has 0 aliphatic rings. The van der Waals surface area contributed by atoms with Gasteiger partial charge in [-0.05, 0) is 24.6 Å². The Bertz CT molecular complexity index is 294. The molecule has 0 radical (unpaired) electrons. The average molecular weight is 163 g/mol. The van der Waals surface area contributed by atoms with Gasteiger partial charge in [-0.15, -0.1) is 0 Å². The SMILES string of the molecule is Cc1cccc(N(C)C(=N)N)c1. The summed E-state index contributed by atoms with van der Waals surface area (Å²) in [5, 5.41) is 7.21. The van der Waals surface area contributed by atoms with Crippen LogP contribution in [0.15, 0.2) is 24.3 Å². The topological polar surface area (TPSA) is 53.1 Å². The lowest BCUT2D eigenvalue weighted by Crippen LogP contribution is -2.32. The van der Waals surface area contributed by atoms with E-state index in [4.69, 9.17) is 11.1 Å². The van der Waals surface area contributed by atoms with Gasteiger partial charge >= 0.3 is 0 Å². The van der Waals surface area contributed by atoms with Gasteiger partial charge in [0.15, 0.2) is 5.96 Å². The van der Waals surface area contributed by atoms with Gasteiger partial charge in [0.25, 0.3) is 0 Å². The molecule has 64 valence electrons. The molecule has 3 N–H and O–H groups in total. The monoisotopic (exact) mass is 163 g/mol. The average Bonchev–Trinajstić information content (AvgIpc) is 2.03. The smallest absolute Gasteiger partial charge is 0.192 e. The molecule has 12 heavy (non-hydrogen) atoms. The molecule has 0 saturated heterocycles. The Morgan fingerprint density at radius 2 is 2.17 bits per heavy atom. The molecule has 0 spiro atoms. The second kappa shape index (κ2) is 3.26. The van der Waals surface area contributed by atoms with E-state index >= 15 is 0 Å². The zero-order valence-corrected chi connectivity index (χ0v) is 7.33. The molecule has 3 heteroatoms. The molecule has 0 aliphatic heterocycles. The van der Waals surface area contributed by atoms with Crippen molar-refractivity contribution in [1.29, 1.82) is 5.41 Å². The van der Waals surface area contributed by atoms with E-state index in [1.165, 1.54) is 5.56 Å². The maximum atomic E-state index is 7.21. The highest BCUT2D eigenvalue weighted by atomic mass is 15.2. The predicted molar refractivity (Wildman–Crippen MR) is 51.5 cm³/mol. The van der Waals surface area contributed by atoms with Crippen molar-refractivity contribution in [1.82, 2.24) is 0 Å². The molecule has 0 aliphatic carbocycles. The van der Waals surface area contributed by atoms with E-state index in [0.29, 0.717) is 0 Å². The molecule has 0 fully saturated rings. The fourth-order valence-electron chi connectivity index (χ4n) is 0.976. The van der Waals surface area contributed by atoms with E-state index in [0.717, 1.165) is 5.69 Å². The summed E-state index contributed by atoms with van der Waals surface area (Å²) in [6.45, 7) is 2.01. The van der Waals surface area contributed by atoms with Gasteiger partial charge in [-0.1, -0.05) is 12.1 Å². The molecule has 0 unspecified atom stereocenters. The lowest BCUT2D eigenvalue weighted by atomic mass is 10.2. The molecule has 0 bridgehead atoms. The summed E-state index contributed by atoms with van der Waals surface area (Å²) < 4.78 is 0. The van der Waals surface area contributed by atoms with Crippen molar-refractivity contribution in [2.24, 2.45) is 5.73 Å². The Hall–Kier alpha value is -1.51. The second-order valence-electron chi connectivity index (χ2n) is 2.78. The molecular formula is C9H13N3. The Kier molecular flexibility index (Phi) is 2.33. The van der Waals surface area contributed by atoms with Crippen molar-refractivity contribution in [2.75, 3.05) is 11.9 Å². The van der Waals surface area contributed by atoms with E-state index in [2.05, 4.69) is 0 Å². The van der Waals surface area contributed by atoms with Crippen molar-refractivity contribution in [2.45, 2.75) is 6.92 Å². The van der Waals surface area contributed by atoms with E-state index in [-0.39, 0.29) is 5.96 Å². The molecule has 1 rings (SSSR count). The zero-order valence-electron chi connectivity index (χ0n) is 7.33. The number of guanidine groups is 1. The summed E-state index contributed by atoms with van der Waals surface area (Å²) in [5.41, 5.74) is 7.44. The highest BCUT2D eigenvalue weighted by Crippen LogP contribution is 2.12. The van der Waals surface area contributed by atoms with Crippen LogP contribution >= 0.6 is 0 Å². The first-order chi connectivity index (χ1) is 5.61. The Morgan fingerprint density at radius 3 is 2.67 bits per heavy atom. The summed E-state index contributed by atoms with van der Waals surface area (Å²) in [4.78, 5) is 1.63.